The first-order chi connectivity index (χ1) is 9.12. The first-order valence-corrected chi connectivity index (χ1v) is 8.06. The van der Waals surface area contributed by atoms with Crippen molar-refractivity contribution in [3.05, 3.63) is 11.9 Å². The van der Waals surface area contributed by atoms with Gasteiger partial charge in [-0.3, -0.25) is 0 Å². The van der Waals surface area contributed by atoms with Crippen LogP contribution >= 0.6 is 11.8 Å². The summed E-state index contributed by atoms with van der Waals surface area (Å²) in [5.41, 5.74) is 2.61. The fourth-order valence-electron chi connectivity index (χ4n) is 2.37. The summed E-state index contributed by atoms with van der Waals surface area (Å²) in [6.45, 7) is 4.16. The maximum absolute atomic E-state index is 5.47. The zero-order valence-corrected chi connectivity index (χ0v) is 12.6. The Morgan fingerprint density at radius 2 is 2.05 bits per heavy atom. The highest BCUT2D eigenvalue weighted by molar-refractivity contribution is 7.99. The van der Waals surface area contributed by atoms with E-state index in [1.807, 2.05) is 17.8 Å². The summed E-state index contributed by atoms with van der Waals surface area (Å²) < 4.78 is 0. The van der Waals surface area contributed by atoms with Crippen LogP contribution in [0.2, 0.25) is 0 Å². The zero-order chi connectivity index (χ0) is 13.8. The van der Waals surface area contributed by atoms with Gasteiger partial charge in [0.1, 0.15) is 17.5 Å². The molecule has 0 aliphatic heterocycles. The lowest BCUT2D eigenvalue weighted by molar-refractivity contribution is 0.736. The number of rotatable bonds is 5. The van der Waals surface area contributed by atoms with Gasteiger partial charge in [-0.05, 0) is 25.5 Å². The van der Waals surface area contributed by atoms with Crippen molar-refractivity contribution in [2.45, 2.75) is 50.3 Å². The van der Waals surface area contributed by atoms with Gasteiger partial charge in [-0.1, -0.05) is 13.8 Å². The number of anilines is 2. The Bertz CT molecular complexity index is 423. The van der Waals surface area contributed by atoms with E-state index >= 15 is 0 Å². The van der Waals surface area contributed by atoms with Crippen molar-refractivity contribution >= 4 is 23.4 Å². The number of nitrogens with one attached hydrogen (secondary N) is 2. The van der Waals surface area contributed by atoms with Gasteiger partial charge in [0.2, 0.25) is 0 Å². The molecule has 1 aliphatic rings. The molecule has 0 aromatic carbocycles. The quantitative estimate of drug-likeness (QED) is 0.569. The van der Waals surface area contributed by atoms with E-state index in [1.165, 1.54) is 19.3 Å². The second kappa shape index (κ2) is 6.43. The first-order valence-electron chi connectivity index (χ1n) is 6.77. The van der Waals surface area contributed by atoms with E-state index in [-0.39, 0.29) is 5.92 Å². The average Bonchev–Trinajstić information content (AvgIpc) is 2.85. The summed E-state index contributed by atoms with van der Waals surface area (Å²) in [5.74, 6) is 8.11. The van der Waals surface area contributed by atoms with Crippen LogP contribution in [-0.2, 0) is 0 Å². The van der Waals surface area contributed by atoms with E-state index in [2.05, 4.69) is 40.8 Å². The van der Waals surface area contributed by atoms with Crippen LogP contribution in [0.25, 0.3) is 0 Å². The van der Waals surface area contributed by atoms with Crippen molar-refractivity contribution in [2.75, 3.05) is 17.0 Å². The van der Waals surface area contributed by atoms with Crippen molar-refractivity contribution in [3.63, 3.8) is 0 Å². The molecule has 2 rings (SSSR count). The van der Waals surface area contributed by atoms with Crippen LogP contribution in [0.1, 0.15) is 44.9 Å². The molecule has 1 aromatic rings. The number of nitrogens with zero attached hydrogens (tertiary/aromatic N) is 2. The summed E-state index contributed by atoms with van der Waals surface area (Å²) >= 11 is 1.96. The molecule has 1 saturated carbocycles. The van der Waals surface area contributed by atoms with Gasteiger partial charge in [-0.2, -0.15) is 11.8 Å². The topological polar surface area (TPSA) is 75.9 Å². The molecule has 2 unspecified atom stereocenters. The van der Waals surface area contributed by atoms with Crippen LogP contribution in [0.15, 0.2) is 6.07 Å². The summed E-state index contributed by atoms with van der Waals surface area (Å²) in [7, 11) is 0. The van der Waals surface area contributed by atoms with Crippen LogP contribution in [0.4, 0.5) is 11.6 Å². The normalized spacial score (nSPS) is 22.8. The van der Waals surface area contributed by atoms with Gasteiger partial charge in [-0.15, -0.1) is 0 Å². The van der Waals surface area contributed by atoms with E-state index in [0.717, 1.165) is 16.9 Å². The molecule has 5 nitrogen and oxygen atoms in total. The fraction of sp³-hybridized carbons (Fsp3) is 0.692. The number of nitrogens with two attached hydrogens (primary N) is 1. The van der Waals surface area contributed by atoms with Gasteiger partial charge in [0, 0.05) is 23.3 Å². The third-order valence-electron chi connectivity index (χ3n) is 3.48. The third-order valence-corrected chi connectivity index (χ3v) is 4.57. The van der Waals surface area contributed by atoms with Gasteiger partial charge in [0.15, 0.2) is 0 Å². The smallest absolute Gasteiger partial charge is 0.145 e. The van der Waals surface area contributed by atoms with Crippen LogP contribution < -0.4 is 16.6 Å². The van der Waals surface area contributed by atoms with Crippen molar-refractivity contribution in [1.82, 2.24) is 9.97 Å². The van der Waals surface area contributed by atoms with Crippen molar-refractivity contribution in [2.24, 2.45) is 5.84 Å². The molecule has 2 atom stereocenters. The van der Waals surface area contributed by atoms with Gasteiger partial charge in [0.25, 0.3) is 0 Å². The number of aromatic nitrogens is 2. The first kappa shape index (κ1) is 14.4. The molecule has 1 aromatic heterocycles. The van der Waals surface area contributed by atoms with Gasteiger partial charge >= 0.3 is 0 Å². The van der Waals surface area contributed by atoms with E-state index in [4.69, 9.17) is 5.84 Å². The lowest BCUT2D eigenvalue weighted by Crippen LogP contribution is -2.19. The molecule has 4 N–H and O–H groups in total. The molecule has 0 radical (unpaired) electrons. The minimum absolute atomic E-state index is 0.288. The molecule has 106 valence electrons. The Morgan fingerprint density at radius 3 is 2.63 bits per heavy atom. The Kier molecular flexibility index (Phi) is 4.87. The number of hydrogen-bond acceptors (Lipinski definition) is 6. The number of thioether (sulfide) groups is 1. The molecule has 0 amide bonds. The fourth-order valence-corrected chi connectivity index (χ4v) is 3.16. The zero-order valence-electron chi connectivity index (χ0n) is 11.8. The third kappa shape index (κ3) is 3.73. The Morgan fingerprint density at radius 1 is 1.32 bits per heavy atom. The standard InChI is InChI=1S/C13H23N5S/c1-8(2)13-16-11(7-12(17-13)18-14)15-9-4-5-10(6-9)19-3/h7-10H,4-6,14H2,1-3H3,(H2,15,16,17,18). The Balaban J connectivity index is 2.09. The van der Waals surface area contributed by atoms with E-state index in [1.54, 1.807) is 0 Å². The lowest BCUT2D eigenvalue weighted by Gasteiger charge is -2.16. The second-order valence-corrected chi connectivity index (χ2v) is 6.45. The van der Waals surface area contributed by atoms with Gasteiger partial charge < -0.3 is 10.7 Å². The minimum Gasteiger partial charge on any atom is -0.367 e. The minimum atomic E-state index is 0.288. The molecule has 1 heterocycles. The molecule has 6 heteroatoms. The highest BCUT2D eigenvalue weighted by Gasteiger charge is 2.24. The largest absolute Gasteiger partial charge is 0.367 e. The summed E-state index contributed by atoms with van der Waals surface area (Å²) in [5, 5.41) is 4.29. The van der Waals surface area contributed by atoms with E-state index in [9.17, 15) is 0 Å². The SMILES string of the molecule is CSC1CCC(Nc2cc(NN)nc(C(C)C)n2)C1. The molecular formula is C13H23N5S. The van der Waals surface area contributed by atoms with Crippen molar-refractivity contribution in [1.29, 1.82) is 0 Å². The highest BCUT2D eigenvalue weighted by atomic mass is 32.2. The van der Waals surface area contributed by atoms with Gasteiger partial charge in [0.05, 0.1) is 0 Å². The Hall–Kier alpha value is -1.01. The number of nitrogen functional groups attached to an aromatic ring is 1. The molecule has 0 spiro atoms. The molecule has 0 saturated heterocycles. The molecule has 0 bridgehead atoms. The van der Waals surface area contributed by atoms with Crippen molar-refractivity contribution in [3.8, 4) is 0 Å². The van der Waals surface area contributed by atoms with Gasteiger partial charge in [-0.25, -0.2) is 15.8 Å². The maximum atomic E-state index is 5.47. The molecule has 1 aliphatic carbocycles. The van der Waals surface area contributed by atoms with E-state index in [0.29, 0.717) is 11.9 Å². The lowest BCUT2D eigenvalue weighted by atomic mass is 10.2. The highest BCUT2D eigenvalue weighted by Crippen LogP contribution is 2.30. The van der Waals surface area contributed by atoms with Crippen LogP contribution in [-0.4, -0.2) is 27.5 Å². The number of hydrogen-bond donors (Lipinski definition) is 3. The predicted molar refractivity (Wildman–Crippen MR) is 82.5 cm³/mol. The Labute approximate surface area is 119 Å². The summed E-state index contributed by atoms with van der Waals surface area (Å²) in [4.78, 5) is 8.94. The second-order valence-electron chi connectivity index (χ2n) is 5.31. The van der Waals surface area contributed by atoms with Crippen molar-refractivity contribution < 1.29 is 0 Å². The molecular weight excluding hydrogens is 258 g/mol. The molecule has 1 fully saturated rings. The van der Waals surface area contributed by atoms with Crippen LogP contribution in [0, 0.1) is 0 Å². The number of hydrazine groups is 1. The maximum Gasteiger partial charge on any atom is 0.145 e. The predicted octanol–water partition coefficient (Wildman–Crippen LogP) is 2.58. The summed E-state index contributed by atoms with van der Waals surface area (Å²) in [6.07, 6.45) is 5.87. The monoisotopic (exact) mass is 281 g/mol. The average molecular weight is 281 g/mol. The van der Waals surface area contributed by atoms with Crippen LogP contribution in [0.5, 0.6) is 0 Å². The summed E-state index contributed by atoms with van der Waals surface area (Å²) in [6, 6.07) is 2.39. The molecule has 19 heavy (non-hydrogen) atoms. The van der Waals surface area contributed by atoms with E-state index < -0.39 is 0 Å². The van der Waals surface area contributed by atoms with Crippen LogP contribution in [0.3, 0.4) is 0 Å².